The summed E-state index contributed by atoms with van der Waals surface area (Å²) in [4.78, 5) is -0.291. The smallest absolute Gasteiger partial charge is 0.208 e. The molecule has 0 aliphatic carbocycles. The zero-order valence-electron chi connectivity index (χ0n) is 11.0. The van der Waals surface area contributed by atoms with Gasteiger partial charge in [-0.15, -0.1) is 0 Å². The zero-order chi connectivity index (χ0) is 13.8. The van der Waals surface area contributed by atoms with Crippen LogP contribution in [-0.2, 0) is 10.0 Å². The first-order valence-electron chi connectivity index (χ1n) is 6.13. The molecule has 0 heterocycles. The molecule has 0 spiro atoms. The van der Waals surface area contributed by atoms with Crippen molar-refractivity contribution in [2.24, 2.45) is 5.92 Å². The largest absolute Gasteiger partial charge is 0.243 e. The van der Waals surface area contributed by atoms with Gasteiger partial charge in [-0.1, -0.05) is 32.4 Å². The van der Waals surface area contributed by atoms with Crippen molar-refractivity contribution < 1.29 is 12.8 Å². The lowest BCUT2D eigenvalue weighted by atomic mass is 10.0. The average molecular weight is 273 g/mol. The van der Waals surface area contributed by atoms with Gasteiger partial charge in [0.05, 0.1) is 0 Å². The second kappa shape index (κ2) is 6.29. The van der Waals surface area contributed by atoms with Crippen molar-refractivity contribution in [2.45, 2.75) is 44.6 Å². The van der Waals surface area contributed by atoms with Crippen LogP contribution in [0.2, 0.25) is 0 Å². The molecule has 0 radical (unpaired) electrons. The fourth-order valence-electron chi connectivity index (χ4n) is 1.81. The van der Waals surface area contributed by atoms with Gasteiger partial charge in [-0.3, -0.25) is 0 Å². The Balaban J connectivity index is 2.80. The van der Waals surface area contributed by atoms with Crippen LogP contribution in [0.1, 0.15) is 33.6 Å². The minimum atomic E-state index is -3.77. The molecular weight excluding hydrogens is 253 g/mol. The van der Waals surface area contributed by atoms with Gasteiger partial charge in [0.1, 0.15) is 10.7 Å². The maximum atomic E-state index is 13.4. The van der Waals surface area contributed by atoms with Gasteiger partial charge in [-0.05, 0) is 31.4 Å². The highest BCUT2D eigenvalue weighted by atomic mass is 32.2. The highest BCUT2D eigenvalue weighted by molar-refractivity contribution is 7.89. The van der Waals surface area contributed by atoms with Crippen molar-refractivity contribution in [1.82, 2.24) is 4.72 Å². The van der Waals surface area contributed by atoms with Gasteiger partial charge in [-0.2, -0.15) is 0 Å². The lowest BCUT2D eigenvalue weighted by Crippen LogP contribution is -2.34. The fraction of sp³-hybridized carbons (Fsp3) is 0.538. The van der Waals surface area contributed by atoms with Crippen molar-refractivity contribution in [2.75, 3.05) is 0 Å². The van der Waals surface area contributed by atoms with E-state index in [1.807, 2.05) is 0 Å². The number of sulfonamides is 1. The number of halogens is 1. The van der Waals surface area contributed by atoms with E-state index in [0.29, 0.717) is 5.92 Å². The summed E-state index contributed by atoms with van der Waals surface area (Å²) in [6, 6.07) is 5.19. The van der Waals surface area contributed by atoms with Crippen molar-refractivity contribution in [3.63, 3.8) is 0 Å². The minimum absolute atomic E-state index is 0.204. The van der Waals surface area contributed by atoms with E-state index in [0.717, 1.165) is 18.9 Å². The van der Waals surface area contributed by atoms with Gasteiger partial charge in [0.15, 0.2) is 0 Å². The molecule has 2 atom stereocenters. The highest BCUT2D eigenvalue weighted by Crippen LogP contribution is 2.16. The highest BCUT2D eigenvalue weighted by Gasteiger charge is 2.21. The van der Waals surface area contributed by atoms with Crippen LogP contribution in [0.5, 0.6) is 0 Å². The monoisotopic (exact) mass is 273 g/mol. The molecule has 0 bridgehead atoms. The molecule has 18 heavy (non-hydrogen) atoms. The maximum absolute atomic E-state index is 13.4. The number of hydrogen-bond donors (Lipinski definition) is 1. The Morgan fingerprint density at radius 1 is 1.28 bits per heavy atom. The van der Waals surface area contributed by atoms with Gasteiger partial charge in [0.25, 0.3) is 0 Å². The summed E-state index contributed by atoms with van der Waals surface area (Å²) in [5.74, 6) is -0.288. The van der Waals surface area contributed by atoms with Crippen LogP contribution >= 0.6 is 0 Å². The van der Waals surface area contributed by atoms with Crippen molar-refractivity contribution in [3.8, 4) is 0 Å². The number of rotatable bonds is 6. The fourth-order valence-corrected chi connectivity index (χ4v) is 3.14. The molecule has 5 heteroatoms. The van der Waals surface area contributed by atoms with E-state index in [1.54, 1.807) is 6.92 Å². The Kier molecular flexibility index (Phi) is 5.28. The summed E-state index contributed by atoms with van der Waals surface area (Å²) in [6.45, 7) is 5.92. The minimum Gasteiger partial charge on any atom is -0.208 e. The molecule has 102 valence electrons. The summed E-state index contributed by atoms with van der Waals surface area (Å²) in [5.41, 5.74) is 0. The Morgan fingerprint density at radius 2 is 1.89 bits per heavy atom. The molecular formula is C13H20FNO2S. The summed E-state index contributed by atoms with van der Waals surface area (Å²) in [6.07, 6.45) is 1.73. The molecule has 0 aliphatic heterocycles. The third kappa shape index (κ3) is 4.07. The Bertz CT molecular complexity index is 488. The van der Waals surface area contributed by atoms with Crippen LogP contribution in [0.4, 0.5) is 4.39 Å². The summed E-state index contributed by atoms with van der Waals surface area (Å²) in [5, 5.41) is 0. The molecule has 0 fully saturated rings. The van der Waals surface area contributed by atoms with E-state index in [1.165, 1.54) is 18.2 Å². The maximum Gasteiger partial charge on any atom is 0.243 e. The summed E-state index contributed by atoms with van der Waals surface area (Å²) in [7, 11) is -3.77. The number of nitrogens with one attached hydrogen (secondary N) is 1. The summed E-state index contributed by atoms with van der Waals surface area (Å²) < 4.78 is 39.9. The first-order chi connectivity index (χ1) is 8.36. The molecule has 1 aromatic carbocycles. The van der Waals surface area contributed by atoms with Crippen molar-refractivity contribution in [1.29, 1.82) is 0 Å². The first-order valence-corrected chi connectivity index (χ1v) is 7.62. The van der Waals surface area contributed by atoms with Crippen molar-refractivity contribution >= 4 is 10.0 Å². The van der Waals surface area contributed by atoms with Crippen molar-refractivity contribution in [3.05, 3.63) is 30.1 Å². The predicted octanol–water partition coefficient (Wildman–Crippen LogP) is 2.93. The molecule has 2 unspecified atom stereocenters. The van der Waals surface area contributed by atoms with Gasteiger partial charge >= 0.3 is 0 Å². The van der Waals surface area contributed by atoms with E-state index in [4.69, 9.17) is 0 Å². The molecule has 0 aliphatic rings. The normalized spacial score (nSPS) is 15.3. The molecule has 0 aromatic heterocycles. The molecule has 0 amide bonds. The quantitative estimate of drug-likeness (QED) is 0.866. The first kappa shape index (κ1) is 15.1. The number of benzene rings is 1. The lowest BCUT2D eigenvalue weighted by Gasteiger charge is -2.17. The van der Waals surface area contributed by atoms with E-state index in [9.17, 15) is 12.8 Å². The SMILES string of the molecule is CCC(C)CC(C)NS(=O)(=O)c1ccccc1F. The Morgan fingerprint density at radius 3 is 2.44 bits per heavy atom. The molecule has 0 saturated carbocycles. The van der Waals surface area contributed by atoms with Crippen LogP contribution in [0.25, 0.3) is 0 Å². The molecule has 1 N–H and O–H groups in total. The molecule has 0 saturated heterocycles. The zero-order valence-corrected chi connectivity index (χ0v) is 11.8. The van der Waals surface area contributed by atoms with Crippen LogP contribution in [0.15, 0.2) is 29.2 Å². The van der Waals surface area contributed by atoms with E-state index in [2.05, 4.69) is 18.6 Å². The van der Waals surface area contributed by atoms with Crippen LogP contribution < -0.4 is 4.72 Å². The average Bonchev–Trinajstić information content (AvgIpc) is 2.28. The Labute approximate surface area is 108 Å². The standard InChI is InChI=1S/C13H20FNO2S/c1-4-10(2)9-11(3)15-18(16,17)13-8-6-5-7-12(13)14/h5-8,10-11,15H,4,9H2,1-3H3. The number of hydrogen-bond acceptors (Lipinski definition) is 2. The van der Waals surface area contributed by atoms with Gasteiger partial charge < -0.3 is 0 Å². The molecule has 3 nitrogen and oxygen atoms in total. The topological polar surface area (TPSA) is 46.2 Å². The second-order valence-corrected chi connectivity index (χ2v) is 6.38. The van der Waals surface area contributed by atoms with E-state index < -0.39 is 15.8 Å². The van der Waals surface area contributed by atoms with E-state index >= 15 is 0 Å². The Hall–Kier alpha value is -0.940. The van der Waals surface area contributed by atoms with Crippen LogP contribution in [-0.4, -0.2) is 14.5 Å². The van der Waals surface area contributed by atoms with Gasteiger partial charge in [0.2, 0.25) is 10.0 Å². The van der Waals surface area contributed by atoms with E-state index in [-0.39, 0.29) is 10.9 Å². The predicted molar refractivity (Wildman–Crippen MR) is 70.3 cm³/mol. The van der Waals surface area contributed by atoms with Gasteiger partial charge in [0, 0.05) is 6.04 Å². The third-order valence-electron chi connectivity index (χ3n) is 2.94. The van der Waals surface area contributed by atoms with Crippen LogP contribution in [0.3, 0.4) is 0 Å². The lowest BCUT2D eigenvalue weighted by molar-refractivity contribution is 0.444. The molecule has 1 rings (SSSR count). The second-order valence-electron chi connectivity index (χ2n) is 4.70. The van der Waals surface area contributed by atoms with Gasteiger partial charge in [-0.25, -0.2) is 17.5 Å². The van der Waals surface area contributed by atoms with Crippen LogP contribution in [0, 0.1) is 11.7 Å². The summed E-state index contributed by atoms with van der Waals surface area (Å²) >= 11 is 0. The third-order valence-corrected chi connectivity index (χ3v) is 4.56. The molecule has 1 aromatic rings.